The van der Waals surface area contributed by atoms with E-state index in [0.29, 0.717) is 0 Å². The molecule has 0 atom stereocenters. The Morgan fingerprint density at radius 1 is 0.865 bits per heavy atom. The largest absolute Gasteiger partial charge is 0.494 e. The number of nitrogens with zero attached hydrogens (tertiary/aromatic N) is 2. The average Bonchev–Trinajstić information content (AvgIpc) is 3.25. The van der Waals surface area contributed by atoms with Crippen LogP contribution < -0.4 is 4.74 Å². The van der Waals surface area contributed by atoms with E-state index < -0.39 is 0 Å². The topological polar surface area (TPSA) is 26.5 Å². The molecule has 198 valence electrons. The quantitative estimate of drug-likeness (QED) is 0.108. The van der Waals surface area contributed by atoms with E-state index in [1.807, 2.05) is 4.48 Å². The summed E-state index contributed by atoms with van der Waals surface area (Å²) in [4.78, 5) is 4.97. The van der Waals surface area contributed by atoms with Crippen LogP contribution in [0.15, 0.2) is 44.1 Å². The Kier molecular flexibility index (Phi) is 12.3. The van der Waals surface area contributed by atoms with Crippen LogP contribution in [0.5, 0.6) is 5.75 Å². The molecule has 0 spiro atoms. The minimum absolute atomic E-state index is 0.773. The highest BCUT2D eigenvalue weighted by Crippen LogP contribution is 2.40. The fraction of sp³-hybridized carbons (Fsp3) is 0.516. The summed E-state index contributed by atoms with van der Waals surface area (Å²) in [6.45, 7) is 11.5. The number of aromatic nitrogens is 1. The molecule has 2 radical (unpaired) electrons. The van der Waals surface area contributed by atoms with Crippen LogP contribution in [0.25, 0.3) is 5.57 Å². The molecular weight excluding hydrogens is 681 g/mol. The molecule has 0 amide bonds. The predicted molar refractivity (Wildman–Crippen MR) is 177 cm³/mol. The zero-order valence-corrected chi connectivity index (χ0v) is 27.5. The third-order valence-corrected chi connectivity index (χ3v) is 10.4. The zero-order chi connectivity index (χ0) is 26.9. The Morgan fingerprint density at radius 2 is 1.43 bits per heavy atom. The van der Waals surface area contributed by atoms with E-state index in [1.165, 1.54) is 76.1 Å². The van der Waals surface area contributed by atoms with Crippen LogP contribution in [0.4, 0.5) is 0 Å². The number of unbranched alkanes of at least 4 members (excludes halogenated alkanes) is 9. The molecule has 37 heavy (non-hydrogen) atoms. The van der Waals surface area contributed by atoms with E-state index in [9.17, 15) is 0 Å². The van der Waals surface area contributed by atoms with E-state index in [0.717, 1.165) is 52.7 Å². The highest BCUT2D eigenvalue weighted by molar-refractivity contribution is 14.1. The second-order valence-corrected chi connectivity index (χ2v) is 12.3. The molecule has 6 heteroatoms. The number of ether oxygens (including phenoxy) is 1. The van der Waals surface area contributed by atoms with Gasteiger partial charge in [0.05, 0.1) is 18.0 Å². The monoisotopic (exact) mass is 722 g/mol. The van der Waals surface area contributed by atoms with E-state index in [2.05, 4.69) is 104 Å². The van der Waals surface area contributed by atoms with Crippen molar-refractivity contribution in [3.8, 4) is 5.75 Å². The van der Waals surface area contributed by atoms with Crippen LogP contribution in [0.2, 0.25) is 0 Å². The third kappa shape index (κ3) is 7.77. The van der Waals surface area contributed by atoms with Gasteiger partial charge in [-0.2, -0.15) is 0 Å². The van der Waals surface area contributed by atoms with Gasteiger partial charge >= 0.3 is 0 Å². The van der Waals surface area contributed by atoms with Crippen LogP contribution in [-0.2, 0) is 0 Å². The number of aliphatic imine (C=N–C) groups is 1. The highest BCUT2D eigenvalue weighted by atomic mass is 127. The Morgan fingerprint density at radius 3 is 1.92 bits per heavy atom. The second kappa shape index (κ2) is 14.9. The van der Waals surface area contributed by atoms with Gasteiger partial charge in [-0.1, -0.05) is 76.8 Å². The van der Waals surface area contributed by atoms with Gasteiger partial charge in [0, 0.05) is 24.1 Å². The SMILES string of the molecule is [B]n1c(C)c(I)c(C)c1/C(=C1\N=C(C)C(I)=C1C)c1ccc(OCCCCCCCCCCCC)cc1. The number of hydrogen-bond donors (Lipinski definition) is 0. The van der Waals surface area contributed by atoms with E-state index >= 15 is 0 Å². The first-order valence-corrected chi connectivity index (χ1v) is 16.0. The maximum atomic E-state index is 6.59. The normalized spacial score (nSPS) is 14.9. The molecule has 0 unspecified atom stereocenters. The fourth-order valence-corrected chi connectivity index (χ4v) is 5.83. The molecule has 0 N–H and O–H groups in total. The molecule has 1 aromatic heterocycles. The average molecular weight is 722 g/mol. The summed E-state index contributed by atoms with van der Waals surface area (Å²) < 4.78 is 10.3. The summed E-state index contributed by atoms with van der Waals surface area (Å²) in [5.74, 6) is 0.919. The second-order valence-electron chi connectivity index (χ2n) is 10.2. The molecule has 0 bridgehead atoms. The van der Waals surface area contributed by atoms with Crippen molar-refractivity contribution in [2.45, 2.75) is 98.8 Å². The third-order valence-electron chi connectivity index (χ3n) is 7.27. The first-order valence-electron chi connectivity index (χ1n) is 13.8. The first-order chi connectivity index (χ1) is 17.8. The lowest BCUT2D eigenvalue weighted by molar-refractivity contribution is 0.304. The summed E-state index contributed by atoms with van der Waals surface area (Å²) in [5, 5.41) is 0. The molecular formula is C31H41BI2N2O. The Hall–Kier alpha value is -1.03. The number of benzene rings is 1. The lowest BCUT2D eigenvalue weighted by Crippen LogP contribution is -2.05. The molecule has 0 aliphatic carbocycles. The highest BCUT2D eigenvalue weighted by Gasteiger charge is 2.25. The number of halogens is 2. The number of rotatable bonds is 14. The molecule has 0 saturated heterocycles. The molecule has 1 aromatic carbocycles. The van der Waals surface area contributed by atoms with Crippen molar-refractivity contribution in [3.05, 3.63) is 65.2 Å². The van der Waals surface area contributed by atoms with Crippen LogP contribution in [-0.4, -0.2) is 24.8 Å². The van der Waals surface area contributed by atoms with Gasteiger partial charge in [-0.05, 0) is 108 Å². The molecule has 2 heterocycles. The van der Waals surface area contributed by atoms with Gasteiger partial charge in [0.2, 0.25) is 7.98 Å². The van der Waals surface area contributed by atoms with Gasteiger partial charge in [-0.3, -0.25) is 4.99 Å². The van der Waals surface area contributed by atoms with E-state index in [-0.39, 0.29) is 0 Å². The summed E-state index contributed by atoms with van der Waals surface area (Å²) in [7, 11) is 6.59. The predicted octanol–water partition coefficient (Wildman–Crippen LogP) is 9.88. The van der Waals surface area contributed by atoms with Gasteiger partial charge in [0.1, 0.15) is 5.75 Å². The van der Waals surface area contributed by atoms with Crippen molar-refractivity contribution in [1.29, 1.82) is 0 Å². The lowest BCUT2D eigenvalue weighted by atomic mass is 9.95. The summed E-state index contributed by atoms with van der Waals surface area (Å²) >= 11 is 4.79. The van der Waals surface area contributed by atoms with Crippen molar-refractivity contribution < 1.29 is 4.74 Å². The molecule has 0 fully saturated rings. The number of hydrogen-bond acceptors (Lipinski definition) is 2. The molecule has 1 aliphatic rings. The molecule has 1 aliphatic heterocycles. The first kappa shape index (κ1) is 30.5. The summed E-state index contributed by atoms with van der Waals surface area (Å²) in [6, 6.07) is 8.46. The maximum Gasteiger partial charge on any atom is 0.234 e. The van der Waals surface area contributed by atoms with E-state index in [4.69, 9.17) is 17.7 Å². The van der Waals surface area contributed by atoms with Crippen LogP contribution in [0.3, 0.4) is 0 Å². The smallest absolute Gasteiger partial charge is 0.234 e. The lowest BCUT2D eigenvalue weighted by Gasteiger charge is -2.16. The van der Waals surface area contributed by atoms with Crippen LogP contribution >= 0.6 is 45.2 Å². The molecule has 3 nitrogen and oxygen atoms in total. The standard InChI is InChI=1S/C31H41BI2N2O/c1-6-7-8-9-10-11-12-13-14-15-20-37-26-18-16-25(17-19-26)27(30-21(2)28(33)23(4)35-30)31-22(3)29(34)24(5)36(31)32/h16-19H,6-15,20H2,1-5H3/b30-27-. The fourth-order valence-electron chi connectivity index (χ4n) is 4.94. The van der Waals surface area contributed by atoms with Crippen molar-refractivity contribution in [2.24, 2.45) is 4.99 Å². The zero-order valence-electron chi connectivity index (χ0n) is 23.2. The van der Waals surface area contributed by atoms with Crippen molar-refractivity contribution in [2.75, 3.05) is 6.61 Å². The van der Waals surface area contributed by atoms with Gasteiger partial charge in [-0.15, -0.1) is 0 Å². The summed E-state index contributed by atoms with van der Waals surface area (Å²) in [6.07, 6.45) is 13.3. The van der Waals surface area contributed by atoms with Crippen molar-refractivity contribution >= 4 is 64.4 Å². The van der Waals surface area contributed by atoms with Gasteiger partial charge in [0.15, 0.2) is 0 Å². The molecule has 3 rings (SSSR count). The van der Waals surface area contributed by atoms with E-state index in [1.54, 1.807) is 0 Å². The van der Waals surface area contributed by atoms with Gasteiger partial charge < -0.3 is 9.21 Å². The Bertz CT molecular complexity index is 1130. The van der Waals surface area contributed by atoms with Gasteiger partial charge in [-0.25, -0.2) is 0 Å². The Balaban J connectivity index is 1.65. The Labute approximate surface area is 253 Å². The minimum atomic E-state index is 0.773. The molecule has 2 aromatic rings. The summed E-state index contributed by atoms with van der Waals surface area (Å²) in [5.41, 5.74) is 8.72. The van der Waals surface area contributed by atoms with Crippen molar-refractivity contribution in [1.82, 2.24) is 4.48 Å². The van der Waals surface area contributed by atoms with Crippen LogP contribution in [0, 0.1) is 17.4 Å². The maximum absolute atomic E-state index is 6.59. The van der Waals surface area contributed by atoms with Crippen molar-refractivity contribution in [3.63, 3.8) is 0 Å². The van der Waals surface area contributed by atoms with Gasteiger partial charge in [0.25, 0.3) is 0 Å². The minimum Gasteiger partial charge on any atom is -0.494 e. The molecule has 0 saturated carbocycles. The number of allylic oxidation sites excluding steroid dienone is 2. The van der Waals surface area contributed by atoms with Crippen LogP contribution in [0.1, 0.15) is 107 Å².